The normalized spacial score (nSPS) is 15.0. The Kier molecular flexibility index (Phi) is 3.05. The highest BCUT2D eigenvalue weighted by atomic mass is 19.1. The second kappa shape index (κ2) is 4.52. The SMILES string of the molecule is O=C1C=CN(c2c(F)cc([N+](=O)[O-])cc2F)CC1. The van der Waals surface area contributed by atoms with E-state index < -0.39 is 22.2 Å². The van der Waals surface area contributed by atoms with Crippen molar-refractivity contribution in [1.29, 1.82) is 0 Å². The predicted molar refractivity (Wildman–Crippen MR) is 59.1 cm³/mol. The van der Waals surface area contributed by atoms with Gasteiger partial charge >= 0.3 is 0 Å². The number of carbonyl (C=O) groups excluding carboxylic acids is 1. The van der Waals surface area contributed by atoms with Crippen LogP contribution in [0.4, 0.5) is 20.2 Å². The van der Waals surface area contributed by atoms with Crippen LogP contribution in [-0.4, -0.2) is 17.3 Å². The molecule has 0 unspecified atom stereocenters. The number of nitro groups is 1. The molecule has 94 valence electrons. The number of nitrogens with zero attached hydrogens (tertiary/aromatic N) is 2. The summed E-state index contributed by atoms with van der Waals surface area (Å²) in [5.41, 5.74) is -1.03. The molecule has 0 saturated carbocycles. The molecule has 0 aromatic heterocycles. The molecule has 0 amide bonds. The number of halogens is 2. The van der Waals surface area contributed by atoms with E-state index in [4.69, 9.17) is 0 Å². The number of nitro benzene ring substituents is 1. The number of rotatable bonds is 2. The van der Waals surface area contributed by atoms with E-state index in [0.717, 1.165) is 0 Å². The molecule has 0 spiro atoms. The number of hydrogen-bond donors (Lipinski definition) is 0. The molecule has 0 aliphatic carbocycles. The lowest BCUT2D eigenvalue weighted by atomic mass is 10.1. The zero-order chi connectivity index (χ0) is 13.3. The van der Waals surface area contributed by atoms with Crippen LogP contribution in [-0.2, 0) is 4.79 Å². The molecule has 7 heteroatoms. The lowest BCUT2D eigenvalue weighted by Gasteiger charge is -2.23. The lowest BCUT2D eigenvalue weighted by molar-refractivity contribution is -0.385. The highest BCUT2D eigenvalue weighted by molar-refractivity contribution is 5.91. The molecule has 1 aliphatic rings. The summed E-state index contributed by atoms with van der Waals surface area (Å²) in [6.45, 7) is 0.140. The van der Waals surface area contributed by atoms with Crippen molar-refractivity contribution in [3.05, 3.63) is 46.2 Å². The topological polar surface area (TPSA) is 63.5 Å². The van der Waals surface area contributed by atoms with Crippen molar-refractivity contribution in [3.63, 3.8) is 0 Å². The van der Waals surface area contributed by atoms with Gasteiger partial charge in [0.2, 0.25) is 0 Å². The van der Waals surface area contributed by atoms with Gasteiger partial charge in [0.15, 0.2) is 17.4 Å². The highest BCUT2D eigenvalue weighted by Gasteiger charge is 2.22. The Labute approximate surface area is 100 Å². The summed E-state index contributed by atoms with van der Waals surface area (Å²) < 4.78 is 27.3. The number of carbonyl (C=O) groups is 1. The first-order valence-electron chi connectivity index (χ1n) is 5.10. The molecule has 0 bridgehead atoms. The van der Waals surface area contributed by atoms with E-state index in [2.05, 4.69) is 0 Å². The van der Waals surface area contributed by atoms with Gasteiger partial charge in [-0.15, -0.1) is 0 Å². The van der Waals surface area contributed by atoms with Crippen LogP contribution < -0.4 is 4.90 Å². The van der Waals surface area contributed by atoms with Crippen molar-refractivity contribution in [2.24, 2.45) is 0 Å². The second-order valence-corrected chi connectivity index (χ2v) is 3.74. The summed E-state index contributed by atoms with van der Waals surface area (Å²) in [4.78, 5) is 21.7. The zero-order valence-corrected chi connectivity index (χ0v) is 9.10. The van der Waals surface area contributed by atoms with Gasteiger partial charge < -0.3 is 4.90 Å². The van der Waals surface area contributed by atoms with E-state index in [0.29, 0.717) is 12.1 Å². The second-order valence-electron chi connectivity index (χ2n) is 3.74. The third-order valence-corrected chi connectivity index (χ3v) is 2.54. The van der Waals surface area contributed by atoms with Crippen molar-refractivity contribution in [3.8, 4) is 0 Å². The van der Waals surface area contributed by atoms with Gasteiger partial charge in [-0.05, 0) is 6.08 Å². The van der Waals surface area contributed by atoms with Crippen LogP contribution in [0.25, 0.3) is 0 Å². The Balaban J connectivity index is 2.43. The number of benzene rings is 1. The molecule has 0 radical (unpaired) electrons. The minimum absolute atomic E-state index is 0.131. The van der Waals surface area contributed by atoms with Gasteiger partial charge in [-0.25, -0.2) is 8.78 Å². The molecule has 2 rings (SSSR count). The average Bonchev–Trinajstić information content (AvgIpc) is 2.30. The summed E-state index contributed by atoms with van der Waals surface area (Å²) >= 11 is 0. The van der Waals surface area contributed by atoms with E-state index in [9.17, 15) is 23.7 Å². The Bertz CT molecular complexity index is 534. The molecule has 18 heavy (non-hydrogen) atoms. The number of ketones is 1. The Morgan fingerprint density at radius 1 is 1.28 bits per heavy atom. The van der Waals surface area contributed by atoms with Crippen LogP contribution in [0.3, 0.4) is 0 Å². The maximum Gasteiger partial charge on any atom is 0.275 e. The highest BCUT2D eigenvalue weighted by Crippen LogP contribution is 2.29. The lowest BCUT2D eigenvalue weighted by Crippen LogP contribution is -2.25. The van der Waals surface area contributed by atoms with Crippen molar-refractivity contribution in [2.75, 3.05) is 11.4 Å². The molecule has 5 nitrogen and oxygen atoms in total. The van der Waals surface area contributed by atoms with E-state index in [-0.39, 0.29) is 24.4 Å². The monoisotopic (exact) mass is 254 g/mol. The fourth-order valence-electron chi connectivity index (χ4n) is 1.68. The van der Waals surface area contributed by atoms with Gasteiger partial charge in [-0.3, -0.25) is 14.9 Å². The summed E-state index contributed by atoms with van der Waals surface area (Å²) in [5, 5.41) is 10.4. The molecule has 1 aliphatic heterocycles. The molecule has 0 fully saturated rings. The fourth-order valence-corrected chi connectivity index (χ4v) is 1.68. The minimum Gasteiger partial charge on any atom is -0.343 e. The molecule has 0 saturated heterocycles. The first-order valence-corrected chi connectivity index (χ1v) is 5.10. The van der Waals surface area contributed by atoms with E-state index in [1.54, 1.807) is 0 Å². The molecular weight excluding hydrogens is 246 g/mol. The van der Waals surface area contributed by atoms with Gasteiger partial charge in [-0.2, -0.15) is 0 Å². The van der Waals surface area contributed by atoms with Crippen LogP contribution in [0.15, 0.2) is 24.4 Å². The Morgan fingerprint density at radius 2 is 1.89 bits per heavy atom. The van der Waals surface area contributed by atoms with Crippen molar-refractivity contribution >= 4 is 17.2 Å². The fraction of sp³-hybridized carbons (Fsp3) is 0.182. The van der Waals surface area contributed by atoms with Crippen LogP contribution in [0.1, 0.15) is 6.42 Å². The standard InChI is InChI=1S/C11H8F2N2O3/c12-9-5-7(15(17)18)6-10(13)11(9)14-3-1-8(16)2-4-14/h1,3,5-6H,2,4H2. The van der Waals surface area contributed by atoms with Crippen LogP contribution >= 0.6 is 0 Å². The van der Waals surface area contributed by atoms with Crippen LogP contribution in [0.5, 0.6) is 0 Å². The first-order chi connectivity index (χ1) is 8.49. The van der Waals surface area contributed by atoms with Crippen LogP contribution in [0, 0.1) is 21.7 Å². The van der Waals surface area contributed by atoms with Gasteiger partial charge in [0, 0.05) is 19.2 Å². The van der Waals surface area contributed by atoms with E-state index >= 15 is 0 Å². The quantitative estimate of drug-likeness (QED) is 0.599. The molecule has 1 heterocycles. The van der Waals surface area contributed by atoms with Crippen LogP contribution in [0.2, 0.25) is 0 Å². The first kappa shape index (κ1) is 12.2. The van der Waals surface area contributed by atoms with Gasteiger partial charge in [0.1, 0.15) is 5.69 Å². The van der Waals surface area contributed by atoms with Gasteiger partial charge in [0.05, 0.1) is 17.1 Å². The number of hydrogen-bond acceptors (Lipinski definition) is 4. The largest absolute Gasteiger partial charge is 0.343 e. The Morgan fingerprint density at radius 3 is 2.33 bits per heavy atom. The minimum atomic E-state index is -1.03. The third kappa shape index (κ3) is 2.20. The van der Waals surface area contributed by atoms with Crippen molar-refractivity contribution in [1.82, 2.24) is 0 Å². The molecule has 1 aromatic carbocycles. The summed E-state index contributed by atoms with van der Waals surface area (Å²) in [6.07, 6.45) is 2.62. The molecule has 1 aromatic rings. The smallest absolute Gasteiger partial charge is 0.275 e. The maximum atomic E-state index is 13.6. The van der Waals surface area contributed by atoms with Crippen molar-refractivity contribution < 1.29 is 18.5 Å². The average molecular weight is 254 g/mol. The molecule has 0 atom stereocenters. The number of anilines is 1. The Hall–Kier alpha value is -2.31. The number of allylic oxidation sites excluding steroid dienone is 1. The predicted octanol–water partition coefficient (Wildman–Crippen LogP) is 2.17. The van der Waals surface area contributed by atoms with Gasteiger partial charge in [0.25, 0.3) is 5.69 Å². The van der Waals surface area contributed by atoms with Crippen molar-refractivity contribution in [2.45, 2.75) is 6.42 Å². The number of non-ortho nitro benzene ring substituents is 1. The molecular formula is C11H8F2N2O3. The zero-order valence-electron chi connectivity index (χ0n) is 9.10. The summed E-state index contributed by atoms with van der Waals surface area (Å²) in [7, 11) is 0. The van der Waals surface area contributed by atoms with E-state index in [1.807, 2.05) is 0 Å². The van der Waals surface area contributed by atoms with E-state index in [1.165, 1.54) is 17.2 Å². The third-order valence-electron chi connectivity index (χ3n) is 2.54. The van der Waals surface area contributed by atoms with Gasteiger partial charge in [-0.1, -0.05) is 0 Å². The maximum absolute atomic E-state index is 13.6. The summed E-state index contributed by atoms with van der Waals surface area (Å²) in [5.74, 6) is -2.18. The molecule has 0 N–H and O–H groups in total. The summed E-state index contributed by atoms with van der Waals surface area (Å²) in [6, 6.07) is 1.31.